The number of fused-ring (bicyclic) bond motifs is 2. The van der Waals surface area contributed by atoms with Crippen molar-refractivity contribution in [2.75, 3.05) is 41.4 Å². The predicted octanol–water partition coefficient (Wildman–Crippen LogP) is 4.30. The Labute approximate surface area is 179 Å². The lowest BCUT2D eigenvalue weighted by molar-refractivity contribution is 0.237. The number of benzene rings is 2. The fraction of sp³-hybridized carbons (Fsp3) is 0.500. The van der Waals surface area contributed by atoms with Gasteiger partial charge in [-0.25, -0.2) is 0 Å². The minimum Gasteiger partial charge on any atom is -0.502 e. The van der Waals surface area contributed by atoms with Gasteiger partial charge in [0.05, 0.1) is 14.2 Å². The summed E-state index contributed by atoms with van der Waals surface area (Å²) in [6.45, 7) is 6.31. The van der Waals surface area contributed by atoms with E-state index in [1.165, 1.54) is 11.1 Å². The van der Waals surface area contributed by atoms with E-state index in [0.717, 1.165) is 37.1 Å². The van der Waals surface area contributed by atoms with E-state index in [1.54, 1.807) is 14.2 Å². The Bertz CT molecular complexity index is 959. The molecule has 2 aromatic rings. The number of methoxy groups -OCH3 is 2. The molecule has 2 heterocycles. The highest BCUT2D eigenvalue weighted by Gasteiger charge is 2.31. The number of likely N-dealkylation sites (N-methyl/N-ethyl adjacent to an activating group) is 2. The summed E-state index contributed by atoms with van der Waals surface area (Å²) in [6, 6.07) is 6.49. The number of nitrogens with zero attached hydrogens (tertiary/aromatic N) is 2. The second-order valence-corrected chi connectivity index (χ2v) is 8.45. The standard InChI is InChI=1S/C24H32N2O4/c1-14-18-13-20(19(28-5)11-16(18)7-9-25(14)3)30-24-22-15(2)26(4)10-8-17(22)12-21(29-6)23(24)27/h11-15,27H,7-10H2,1-6H3/t14-,15+/m1/s1. The van der Waals surface area contributed by atoms with Crippen LogP contribution in [0.15, 0.2) is 18.2 Å². The summed E-state index contributed by atoms with van der Waals surface area (Å²) in [6.07, 6.45) is 1.86. The maximum absolute atomic E-state index is 11.0. The summed E-state index contributed by atoms with van der Waals surface area (Å²) < 4.78 is 17.6. The van der Waals surface area contributed by atoms with Gasteiger partial charge in [-0.15, -0.1) is 0 Å². The van der Waals surface area contributed by atoms with Crippen LogP contribution in [0.4, 0.5) is 0 Å². The van der Waals surface area contributed by atoms with Crippen molar-refractivity contribution in [1.82, 2.24) is 9.80 Å². The molecule has 0 aliphatic carbocycles. The number of phenols is 1. The predicted molar refractivity (Wildman–Crippen MR) is 117 cm³/mol. The number of aromatic hydroxyl groups is 1. The highest BCUT2D eigenvalue weighted by Crippen LogP contribution is 2.50. The zero-order chi connectivity index (χ0) is 21.6. The van der Waals surface area contributed by atoms with Crippen molar-refractivity contribution in [3.8, 4) is 28.7 Å². The van der Waals surface area contributed by atoms with Crippen molar-refractivity contribution in [2.24, 2.45) is 0 Å². The Hall–Kier alpha value is -2.44. The zero-order valence-corrected chi connectivity index (χ0v) is 18.8. The summed E-state index contributed by atoms with van der Waals surface area (Å²) >= 11 is 0. The number of ether oxygens (including phenoxy) is 3. The molecule has 30 heavy (non-hydrogen) atoms. The molecule has 0 saturated heterocycles. The summed E-state index contributed by atoms with van der Waals surface area (Å²) in [5.74, 6) is 2.22. The molecule has 162 valence electrons. The maximum Gasteiger partial charge on any atom is 0.201 e. The molecule has 2 aliphatic heterocycles. The molecule has 0 unspecified atom stereocenters. The lowest BCUT2D eigenvalue weighted by Gasteiger charge is -2.35. The Morgan fingerprint density at radius 3 is 2.10 bits per heavy atom. The molecule has 0 spiro atoms. The van der Waals surface area contributed by atoms with E-state index in [4.69, 9.17) is 14.2 Å². The molecule has 4 rings (SSSR count). The molecule has 1 N–H and O–H groups in total. The van der Waals surface area contributed by atoms with E-state index < -0.39 is 0 Å². The monoisotopic (exact) mass is 412 g/mol. The van der Waals surface area contributed by atoms with Crippen LogP contribution in [0.5, 0.6) is 28.7 Å². The maximum atomic E-state index is 11.0. The smallest absolute Gasteiger partial charge is 0.201 e. The van der Waals surface area contributed by atoms with Crippen molar-refractivity contribution < 1.29 is 19.3 Å². The van der Waals surface area contributed by atoms with Crippen LogP contribution >= 0.6 is 0 Å². The number of hydrogen-bond acceptors (Lipinski definition) is 6. The van der Waals surface area contributed by atoms with Crippen molar-refractivity contribution >= 4 is 0 Å². The van der Waals surface area contributed by atoms with Crippen LogP contribution in [0.3, 0.4) is 0 Å². The Balaban J connectivity index is 1.85. The normalized spacial score (nSPS) is 21.7. The van der Waals surface area contributed by atoms with Crippen LogP contribution < -0.4 is 14.2 Å². The lowest BCUT2D eigenvalue weighted by Crippen LogP contribution is -2.31. The molecule has 0 bridgehead atoms. The minimum absolute atomic E-state index is 0.0309. The van der Waals surface area contributed by atoms with Gasteiger partial charge in [-0.05, 0) is 75.7 Å². The average molecular weight is 413 g/mol. The number of rotatable bonds is 4. The van der Waals surface area contributed by atoms with Crippen LogP contribution in [-0.2, 0) is 12.8 Å². The first-order valence-corrected chi connectivity index (χ1v) is 10.6. The fourth-order valence-electron chi connectivity index (χ4n) is 4.62. The fourth-order valence-corrected chi connectivity index (χ4v) is 4.62. The highest BCUT2D eigenvalue weighted by atomic mass is 16.5. The molecule has 0 fully saturated rings. The summed E-state index contributed by atoms with van der Waals surface area (Å²) in [7, 11) is 7.46. The third-order valence-electron chi connectivity index (χ3n) is 6.86. The van der Waals surface area contributed by atoms with Crippen LogP contribution in [-0.4, -0.2) is 56.3 Å². The van der Waals surface area contributed by atoms with Crippen molar-refractivity contribution in [1.29, 1.82) is 0 Å². The van der Waals surface area contributed by atoms with Gasteiger partial charge in [0.25, 0.3) is 0 Å². The van der Waals surface area contributed by atoms with Crippen LogP contribution in [0, 0.1) is 0 Å². The van der Waals surface area contributed by atoms with Gasteiger partial charge in [0.2, 0.25) is 5.75 Å². The molecule has 2 aromatic carbocycles. The minimum atomic E-state index is 0.0309. The molecular weight excluding hydrogens is 380 g/mol. The summed E-state index contributed by atoms with van der Waals surface area (Å²) in [5.41, 5.74) is 4.68. The second-order valence-electron chi connectivity index (χ2n) is 8.45. The van der Waals surface area contributed by atoms with Crippen LogP contribution in [0.2, 0.25) is 0 Å². The van der Waals surface area contributed by atoms with Gasteiger partial charge in [0, 0.05) is 30.7 Å². The van der Waals surface area contributed by atoms with Crippen LogP contribution in [0.25, 0.3) is 0 Å². The first kappa shape index (κ1) is 20.8. The van der Waals surface area contributed by atoms with Gasteiger partial charge >= 0.3 is 0 Å². The van der Waals surface area contributed by atoms with E-state index in [0.29, 0.717) is 29.0 Å². The third kappa shape index (κ3) is 3.38. The first-order valence-electron chi connectivity index (χ1n) is 10.6. The Kier molecular flexibility index (Phi) is 5.55. The zero-order valence-electron chi connectivity index (χ0n) is 18.8. The molecule has 0 amide bonds. The van der Waals surface area contributed by atoms with Crippen molar-refractivity contribution in [3.63, 3.8) is 0 Å². The first-order chi connectivity index (χ1) is 14.3. The molecule has 0 radical (unpaired) electrons. The third-order valence-corrected chi connectivity index (χ3v) is 6.86. The molecule has 6 heteroatoms. The van der Waals surface area contributed by atoms with Crippen molar-refractivity contribution in [2.45, 2.75) is 38.8 Å². The van der Waals surface area contributed by atoms with Crippen molar-refractivity contribution in [3.05, 3.63) is 40.5 Å². The Morgan fingerprint density at radius 1 is 0.833 bits per heavy atom. The quantitative estimate of drug-likeness (QED) is 0.808. The lowest BCUT2D eigenvalue weighted by atomic mass is 9.91. The van der Waals surface area contributed by atoms with E-state index >= 15 is 0 Å². The van der Waals surface area contributed by atoms with E-state index in [2.05, 4.69) is 49.9 Å². The SMILES string of the molecule is COc1cc2c(cc1Oc1c(O)c(OC)cc3c1[C@H](C)N(C)CC3)[C@@H](C)N(C)CC2. The second kappa shape index (κ2) is 8.00. The van der Waals surface area contributed by atoms with Gasteiger partial charge < -0.3 is 19.3 Å². The molecule has 6 nitrogen and oxygen atoms in total. The summed E-state index contributed by atoms with van der Waals surface area (Å²) in [4.78, 5) is 4.60. The van der Waals surface area contributed by atoms with Gasteiger partial charge in [-0.3, -0.25) is 9.80 Å². The van der Waals surface area contributed by atoms with Gasteiger partial charge in [-0.1, -0.05) is 0 Å². The van der Waals surface area contributed by atoms with Crippen LogP contribution in [0.1, 0.15) is 48.2 Å². The topological polar surface area (TPSA) is 54.4 Å². The number of phenolic OH excluding ortho intramolecular Hbond substituents is 1. The summed E-state index contributed by atoms with van der Waals surface area (Å²) in [5, 5.41) is 11.0. The van der Waals surface area contributed by atoms with Gasteiger partial charge in [-0.2, -0.15) is 0 Å². The molecular formula is C24H32N2O4. The van der Waals surface area contributed by atoms with E-state index in [1.807, 2.05) is 6.07 Å². The highest BCUT2D eigenvalue weighted by molar-refractivity contribution is 5.62. The van der Waals surface area contributed by atoms with Gasteiger partial charge in [0.15, 0.2) is 23.0 Å². The average Bonchev–Trinajstić information content (AvgIpc) is 2.75. The Morgan fingerprint density at radius 2 is 1.43 bits per heavy atom. The molecule has 2 aliphatic rings. The molecule has 0 aromatic heterocycles. The van der Waals surface area contributed by atoms with E-state index in [9.17, 15) is 5.11 Å². The van der Waals surface area contributed by atoms with Gasteiger partial charge in [0.1, 0.15) is 0 Å². The molecule has 2 atom stereocenters. The molecule has 0 saturated carbocycles. The van der Waals surface area contributed by atoms with E-state index in [-0.39, 0.29) is 11.8 Å². The largest absolute Gasteiger partial charge is 0.502 e. The number of hydrogen-bond donors (Lipinski definition) is 1.